The molecule has 1 aromatic carbocycles. The SMILES string of the molecule is CNCC(c1ccc(O)cc1)N1CCC1. The number of hydrogen-bond acceptors (Lipinski definition) is 3. The molecule has 0 bridgehead atoms. The number of nitrogens with zero attached hydrogens (tertiary/aromatic N) is 1. The van der Waals surface area contributed by atoms with Gasteiger partial charge in [-0.1, -0.05) is 12.1 Å². The van der Waals surface area contributed by atoms with Crippen molar-refractivity contribution in [2.45, 2.75) is 12.5 Å². The van der Waals surface area contributed by atoms with Gasteiger partial charge in [-0.2, -0.15) is 0 Å². The van der Waals surface area contributed by atoms with Gasteiger partial charge in [-0.15, -0.1) is 0 Å². The summed E-state index contributed by atoms with van der Waals surface area (Å²) < 4.78 is 0. The number of rotatable bonds is 4. The van der Waals surface area contributed by atoms with Gasteiger partial charge in [0.2, 0.25) is 0 Å². The maximum atomic E-state index is 9.25. The van der Waals surface area contributed by atoms with E-state index in [9.17, 15) is 5.11 Å². The highest BCUT2D eigenvalue weighted by atomic mass is 16.3. The van der Waals surface area contributed by atoms with Crippen molar-refractivity contribution in [1.29, 1.82) is 0 Å². The summed E-state index contributed by atoms with van der Waals surface area (Å²) in [5.41, 5.74) is 1.28. The van der Waals surface area contributed by atoms with Crippen LogP contribution in [0, 0.1) is 0 Å². The number of benzene rings is 1. The van der Waals surface area contributed by atoms with E-state index in [-0.39, 0.29) is 0 Å². The lowest BCUT2D eigenvalue weighted by Gasteiger charge is -2.38. The van der Waals surface area contributed by atoms with Crippen LogP contribution in [0.5, 0.6) is 5.75 Å². The van der Waals surface area contributed by atoms with E-state index in [1.54, 1.807) is 12.1 Å². The molecule has 1 aliphatic heterocycles. The molecule has 3 nitrogen and oxygen atoms in total. The highest BCUT2D eigenvalue weighted by Crippen LogP contribution is 2.26. The van der Waals surface area contributed by atoms with E-state index in [4.69, 9.17) is 0 Å². The molecular weight excluding hydrogens is 188 g/mol. The third kappa shape index (κ3) is 2.30. The van der Waals surface area contributed by atoms with Gasteiger partial charge in [-0.3, -0.25) is 4.90 Å². The largest absolute Gasteiger partial charge is 0.508 e. The summed E-state index contributed by atoms with van der Waals surface area (Å²) in [6.45, 7) is 3.34. The fourth-order valence-corrected chi connectivity index (χ4v) is 2.00. The molecule has 1 saturated heterocycles. The number of nitrogens with one attached hydrogen (secondary N) is 1. The molecule has 15 heavy (non-hydrogen) atoms. The standard InChI is InChI=1S/C12H18N2O/c1-13-9-12(14-7-2-8-14)10-3-5-11(15)6-4-10/h3-6,12-13,15H,2,7-9H2,1H3. The molecule has 2 rings (SSSR count). The quantitative estimate of drug-likeness (QED) is 0.780. The fraction of sp³-hybridized carbons (Fsp3) is 0.500. The van der Waals surface area contributed by atoms with Gasteiger partial charge in [0, 0.05) is 25.7 Å². The Bertz CT molecular complexity index is 306. The van der Waals surface area contributed by atoms with Crippen LogP contribution < -0.4 is 5.32 Å². The van der Waals surface area contributed by atoms with Crippen molar-refractivity contribution in [3.05, 3.63) is 29.8 Å². The summed E-state index contributed by atoms with van der Waals surface area (Å²) >= 11 is 0. The molecule has 1 aromatic rings. The minimum absolute atomic E-state index is 0.338. The first-order chi connectivity index (χ1) is 7.31. The second kappa shape index (κ2) is 4.64. The Morgan fingerprint density at radius 2 is 2.00 bits per heavy atom. The first kappa shape index (κ1) is 10.5. The van der Waals surface area contributed by atoms with Gasteiger partial charge in [0.15, 0.2) is 0 Å². The monoisotopic (exact) mass is 206 g/mol. The van der Waals surface area contributed by atoms with Crippen LogP contribution in [0.1, 0.15) is 18.0 Å². The zero-order valence-electron chi connectivity index (χ0n) is 9.11. The van der Waals surface area contributed by atoms with Crippen molar-refractivity contribution < 1.29 is 5.11 Å². The summed E-state index contributed by atoms with van der Waals surface area (Å²) in [5, 5.41) is 12.5. The van der Waals surface area contributed by atoms with E-state index in [2.05, 4.69) is 10.2 Å². The van der Waals surface area contributed by atoms with Crippen LogP contribution in [-0.2, 0) is 0 Å². The van der Waals surface area contributed by atoms with Gasteiger partial charge >= 0.3 is 0 Å². The Morgan fingerprint density at radius 1 is 1.33 bits per heavy atom. The van der Waals surface area contributed by atoms with Crippen LogP contribution in [0.3, 0.4) is 0 Å². The lowest BCUT2D eigenvalue weighted by Crippen LogP contribution is -2.43. The summed E-state index contributed by atoms with van der Waals surface area (Å²) in [5.74, 6) is 0.338. The van der Waals surface area contributed by atoms with E-state index in [1.165, 1.54) is 25.1 Å². The Kier molecular flexibility index (Phi) is 3.23. The topological polar surface area (TPSA) is 35.5 Å². The van der Waals surface area contributed by atoms with Gasteiger partial charge in [-0.25, -0.2) is 0 Å². The number of aromatic hydroxyl groups is 1. The number of phenols is 1. The van der Waals surface area contributed by atoms with Gasteiger partial charge in [0.1, 0.15) is 5.75 Å². The molecular formula is C12H18N2O. The summed E-state index contributed by atoms with van der Waals surface area (Å²) in [6, 6.07) is 7.99. The molecule has 0 saturated carbocycles. The second-order valence-corrected chi connectivity index (χ2v) is 4.05. The predicted octanol–water partition coefficient (Wildman–Crippen LogP) is 1.36. The maximum absolute atomic E-state index is 9.25. The fourth-order valence-electron chi connectivity index (χ4n) is 2.00. The van der Waals surface area contributed by atoms with E-state index >= 15 is 0 Å². The van der Waals surface area contributed by atoms with Crippen LogP contribution in [0.25, 0.3) is 0 Å². The van der Waals surface area contributed by atoms with Gasteiger partial charge in [-0.05, 0) is 31.2 Å². The van der Waals surface area contributed by atoms with Crippen LogP contribution in [0.4, 0.5) is 0 Å². The third-order valence-electron chi connectivity index (χ3n) is 3.01. The number of likely N-dealkylation sites (tertiary alicyclic amines) is 1. The number of phenolic OH excluding ortho intramolecular Hbond substituents is 1. The Morgan fingerprint density at radius 3 is 2.47 bits per heavy atom. The van der Waals surface area contributed by atoms with Gasteiger partial charge in [0.25, 0.3) is 0 Å². The van der Waals surface area contributed by atoms with Crippen LogP contribution in [0.15, 0.2) is 24.3 Å². The van der Waals surface area contributed by atoms with Gasteiger partial charge < -0.3 is 10.4 Å². The summed E-state index contributed by atoms with van der Waals surface area (Å²) in [6.07, 6.45) is 1.30. The van der Waals surface area contributed by atoms with Crippen molar-refractivity contribution in [2.75, 3.05) is 26.7 Å². The Labute approximate surface area is 90.7 Å². The highest BCUT2D eigenvalue weighted by molar-refractivity contribution is 5.28. The summed E-state index contributed by atoms with van der Waals surface area (Å²) in [4.78, 5) is 2.46. The predicted molar refractivity (Wildman–Crippen MR) is 61.0 cm³/mol. The minimum atomic E-state index is 0.338. The van der Waals surface area contributed by atoms with Crippen LogP contribution >= 0.6 is 0 Å². The van der Waals surface area contributed by atoms with E-state index in [1.807, 2.05) is 19.2 Å². The lowest BCUT2D eigenvalue weighted by molar-refractivity contribution is 0.117. The molecule has 1 aliphatic rings. The van der Waals surface area contributed by atoms with Crippen molar-refractivity contribution >= 4 is 0 Å². The molecule has 0 amide bonds. The first-order valence-corrected chi connectivity index (χ1v) is 5.49. The average Bonchev–Trinajstić information content (AvgIpc) is 2.16. The molecule has 1 unspecified atom stereocenters. The van der Waals surface area contributed by atoms with E-state index in [0.717, 1.165) is 6.54 Å². The molecule has 3 heteroatoms. The minimum Gasteiger partial charge on any atom is -0.508 e. The van der Waals surface area contributed by atoms with E-state index in [0.29, 0.717) is 11.8 Å². The Balaban J connectivity index is 2.12. The molecule has 82 valence electrons. The molecule has 0 aliphatic carbocycles. The van der Waals surface area contributed by atoms with Crippen molar-refractivity contribution in [2.24, 2.45) is 0 Å². The average molecular weight is 206 g/mol. The molecule has 1 heterocycles. The van der Waals surface area contributed by atoms with Crippen molar-refractivity contribution in [3.63, 3.8) is 0 Å². The smallest absolute Gasteiger partial charge is 0.115 e. The summed E-state index contributed by atoms with van der Waals surface area (Å²) in [7, 11) is 1.98. The molecule has 1 atom stereocenters. The van der Waals surface area contributed by atoms with Crippen LogP contribution in [-0.4, -0.2) is 36.7 Å². The van der Waals surface area contributed by atoms with E-state index < -0.39 is 0 Å². The second-order valence-electron chi connectivity index (χ2n) is 4.05. The molecule has 0 radical (unpaired) electrons. The molecule has 1 fully saturated rings. The normalized spacial score (nSPS) is 18.5. The van der Waals surface area contributed by atoms with Crippen molar-refractivity contribution in [3.8, 4) is 5.75 Å². The first-order valence-electron chi connectivity index (χ1n) is 5.49. The van der Waals surface area contributed by atoms with Gasteiger partial charge in [0.05, 0.1) is 0 Å². The lowest BCUT2D eigenvalue weighted by atomic mass is 10.0. The van der Waals surface area contributed by atoms with Crippen LogP contribution in [0.2, 0.25) is 0 Å². The van der Waals surface area contributed by atoms with Crippen molar-refractivity contribution in [1.82, 2.24) is 10.2 Å². The molecule has 0 spiro atoms. The Hall–Kier alpha value is -1.06. The highest BCUT2D eigenvalue weighted by Gasteiger charge is 2.24. The molecule has 0 aromatic heterocycles. The zero-order valence-corrected chi connectivity index (χ0v) is 9.11. The zero-order chi connectivity index (χ0) is 10.7. The number of likely N-dealkylation sites (N-methyl/N-ethyl adjacent to an activating group) is 1. The number of hydrogen-bond donors (Lipinski definition) is 2. The molecule has 2 N–H and O–H groups in total. The maximum Gasteiger partial charge on any atom is 0.115 e. The third-order valence-corrected chi connectivity index (χ3v) is 3.01.